The molecule has 3 aromatic rings. The molecule has 1 heterocycles. The molecule has 2 aromatic carbocycles. The van der Waals surface area contributed by atoms with Crippen LogP contribution < -0.4 is 5.56 Å². The van der Waals surface area contributed by atoms with Crippen LogP contribution in [-0.2, 0) is 29.3 Å². The number of carbonyl (C=O) groups is 2. The van der Waals surface area contributed by atoms with Gasteiger partial charge in [-0.15, -0.1) is 5.10 Å². The number of unbranched alkanes of at least 4 members (excludes halogenated alkanes) is 2. The fourth-order valence-corrected chi connectivity index (χ4v) is 6.85. The van der Waals surface area contributed by atoms with Gasteiger partial charge in [0.05, 0.1) is 34.6 Å². The smallest absolute Gasteiger partial charge is 0.339 e. The van der Waals surface area contributed by atoms with Crippen LogP contribution in [0.4, 0.5) is 0 Å². The average molecular weight is 678 g/mol. The van der Waals surface area contributed by atoms with Gasteiger partial charge >= 0.3 is 11.9 Å². The number of ether oxygens (including phenoxy) is 2. The number of sulfone groups is 1. The van der Waals surface area contributed by atoms with E-state index in [0.717, 1.165) is 75.8 Å². The zero-order chi connectivity index (χ0) is 34.1. The number of nitrogens with zero attached hydrogens (tertiary/aromatic N) is 3. The number of aromatic nitrogens is 3. The van der Waals surface area contributed by atoms with Crippen LogP contribution in [0, 0.1) is 11.8 Å². The Morgan fingerprint density at radius 3 is 1.96 bits per heavy atom. The van der Waals surface area contributed by atoms with E-state index < -0.39 is 47.8 Å². The largest absolute Gasteiger partial charge is 0.462 e. The lowest BCUT2D eigenvalue weighted by Gasteiger charge is -2.17. The molecular weight excluding hydrogens is 634 g/mol. The monoisotopic (exact) mass is 677 g/mol. The van der Waals surface area contributed by atoms with Crippen LogP contribution in [0.5, 0.6) is 0 Å². The Labute approximate surface area is 270 Å². The number of esters is 2. The Morgan fingerprint density at radius 2 is 1.41 bits per heavy atom. The highest BCUT2D eigenvalue weighted by molar-refractivity contribution is 7.90. The number of fused-ring (bicyclic) bond motifs is 1. The van der Waals surface area contributed by atoms with Crippen LogP contribution in [0.1, 0.15) is 99.8 Å². The Balaban J connectivity index is 2.10. The molecule has 0 bridgehead atoms. The molecule has 0 saturated carbocycles. The molecule has 0 saturated heterocycles. The predicted molar refractivity (Wildman–Crippen MR) is 173 cm³/mol. The summed E-state index contributed by atoms with van der Waals surface area (Å²) in [6.45, 7) is 8.27. The summed E-state index contributed by atoms with van der Waals surface area (Å²) in [7, 11) is -8.72. The molecule has 14 heteroatoms. The van der Waals surface area contributed by atoms with E-state index in [0.29, 0.717) is 0 Å². The van der Waals surface area contributed by atoms with Crippen molar-refractivity contribution in [2.45, 2.75) is 88.9 Å². The maximum Gasteiger partial charge on any atom is 0.339 e. The summed E-state index contributed by atoms with van der Waals surface area (Å²) < 4.78 is 63.4. The van der Waals surface area contributed by atoms with Gasteiger partial charge in [-0.05, 0) is 66.3 Å². The number of rotatable bonds is 17. The fourth-order valence-electron chi connectivity index (χ4n) is 4.86. The minimum atomic E-state index is -4.97. The van der Waals surface area contributed by atoms with Gasteiger partial charge in [0.1, 0.15) is 10.4 Å². The second kappa shape index (κ2) is 16.3. The van der Waals surface area contributed by atoms with E-state index in [-0.39, 0.29) is 50.5 Å². The van der Waals surface area contributed by atoms with E-state index in [2.05, 4.69) is 24.2 Å². The summed E-state index contributed by atoms with van der Waals surface area (Å²) >= 11 is 0. The third-order valence-corrected chi connectivity index (χ3v) is 10.7. The van der Waals surface area contributed by atoms with Crippen molar-refractivity contribution in [3.05, 3.63) is 57.9 Å². The summed E-state index contributed by atoms with van der Waals surface area (Å²) in [5, 5.41) is 7.07. The quantitative estimate of drug-likeness (QED) is 0.173. The summed E-state index contributed by atoms with van der Waals surface area (Å²) in [5.41, 5.74) is -1.78. The van der Waals surface area contributed by atoms with Crippen molar-refractivity contribution >= 4 is 42.7 Å². The minimum absolute atomic E-state index is 0.0351. The van der Waals surface area contributed by atoms with Crippen molar-refractivity contribution in [1.82, 2.24) is 14.4 Å². The van der Waals surface area contributed by atoms with Crippen molar-refractivity contribution < 1.29 is 35.9 Å². The van der Waals surface area contributed by atoms with Gasteiger partial charge in [0.15, 0.2) is 9.84 Å². The Bertz CT molecular complexity index is 1820. The molecule has 2 atom stereocenters. The maximum absolute atomic E-state index is 14.0. The number of hydrogen-bond donors (Lipinski definition) is 0. The Hall–Kier alpha value is -3.65. The van der Waals surface area contributed by atoms with Crippen molar-refractivity contribution in [3.63, 3.8) is 0 Å². The molecule has 0 aliphatic heterocycles. The lowest BCUT2D eigenvalue weighted by atomic mass is 10.0. The van der Waals surface area contributed by atoms with Gasteiger partial charge in [-0.25, -0.2) is 18.0 Å². The van der Waals surface area contributed by atoms with Gasteiger partial charge in [0.25, 0.3) is 15.6 Å². The van der Waals surface area contributed by atoms with E-state index in [4.69, 9.17) is 9.47 Å². The van der Waals surface area contributed by atoms with Crippen LogP contribution in [-0.4, -0.2) is 62.6 Å². The van der Waals surface area contributed by atoms with E-state index in [1.54, 1.807) is 0 Å². The van der Waals surface area contributed by atoms with Crippen LogP contribution in [0.15, 0.2) is 51.0 Å². The lowest BCUT2D eigenvalue weighted by molar-refractivity contribution is 0.0410. The highest BCUT2D eigenvalue weighted by Crippen LogP contribution is 2.24. The fraction of sp³-hybridized carbons (Fsp3) is 0.531. The zero-order valence-corrected chi connectivity index (χ0v) is 28.7. The zero-order valence-electron chi connectivity index (χ0n) is 27.0. The summed E-state index contributed by atoms with van der Waals surface area (Å²) in [4.78, 5) is 38.9. The van der Waals surface area contributed by atoms with Gasteiger partial charge in [0.2, 0.25) is 0 Å². The molecule has 1 aromatic heterocycles. The maximum atomic E-state index is 14.0. The molecule has 3 rings (SSSR count). The molecule has 12 nitrogen and oxygen atoms in total. The standard InChI is InChI=1S/C32H43N3O9S2/c1-6-10-12-22(8-3)20-43-31(37)24-14-16-26(32(38)44-21-23(9-4)13-11-7-2)29(18-24)46(41,42)35-30(36)27-19-25(45(5,39)40)15-17-28(27)33-34-35/h14-19,22-23H,6-13,20-21H2,1-5H3. The minimum Gasteiger partial charge on any atom is -0.462 e. The lowest BCUT2D eigenvalue weighted by Crippen LogP contribution is -2.32. The summed E-state index contributed by atoms with van der Waals surface area (Å²) in [5.74, 6) is -1.56. The highest BCUT2D eigenvalue weighted by Gasteiger charge is 2.30. The molecular formula is C32H43N3O9S2. The highest BCUT2D eigenvalue weighted by atomic mass is 32.2. The number of hydrogen-bond acceptors (Lipinski definition) is 11. The number of carbonyl (C=O) groups excluding carboxylic acids is 2. The molecule has 0 fully saturated rings. The molecule has 252 valence electrons. The first-order chi connectivity index (χ1) is 21.8. The summed E-state index contributed by atoms with van der Waals surface area (Å²) in [6.07, 6.45) is 8.05. The molecule has 0 radical (unpaired) electrons. The van der Waals surface area contributed by atoms with Crippen molar-refractivity contribution in [3.8, 4) is 0 Å². The topological polar surface area (TPSA) is 169 Å². The van der Waals surface area contributed by atoms with Gasteiger partial charge < -0.3 is 9.47 Å². The Morgan fingerprint density at radius 1 is 0.826 bits per heavy atom. The van der Waals surface area contributed by atoms with Gasteiger partial charge in [-0.3, -0.25) is 4.79 Å². The van der Waals surface area contributed by atoms with E-state index >= 15 is 0 Å². The van der Waals surface area contributed by atoms with E-state index in [1.807, 2.05) is 13.8 Å². The van der Waals surface area contributed by atoms with Crippen LogP contribution >= 0.6 is 0 Å². The summed E-state index contributed by atoms with van der Waals surface area (Å²) in [6, 6.07) is 6.86. The van der Waals surface area contributed by atoms with Crippen molar-refractivity contribution in [2.24, 2.45) is 11.8 Å². The van der Waals surface area contributed by atoms with Crippen molar-refractivity contribution in [2.75, 3.05) is 19.5 Å². The van der Waals surface area contributed by atoms with Gasteiger partial charge in [0, 0.05) is 6.26 Å². The van der Waals surface area contributed by atoms with Crippen LogP contribution in [0.3, 0.4) is 0 Å². The van der Waals surface area contributed by atoms with E-state index in [1.165, 1.54) is 18.2 Å². The third-order valence-electron chi connectivity index (χ3n) is 7.96. The predicted octanol–water partition coefficient (Wildman–Crippen LogP) is 5.18. The van der Waals surface area contributed by atoms with Crippen molar-refractivity contribution in [1.29, 1.82) is 0 Å². The second-order valence-electron chi connectivity index (χ2n) is 11.4. The average Bonchev–Trinajstić information content (AvgIpc) is 3.03. The molecule has 0 aliphatic rings. The molecule has 0 amide bonds. The van der Waals surface area contributed by atoms with Crippen LogP contribution in [0.2, 0.25) is 0 Å². The van der Waals surface area contributed by atoms with E-state index in [9.17, 15) is 31.2 Å². The molecule has 0 spiro atoms. The van der Waals surface area contributed by atoms with Gasteiger partial charge in [-0.2, -0.15) is 8.42 Å². The second-order valence-corrected chi connectivity index (χ2v) is 15.2. The van der Waals surface area contributed by atoms with Gasteiger partial charge in [-0.1, -0.05) is 70.3 Å². The molecule has 2 unspecified atom stereocenters. The molecule has 0 aliphatic carbocycles. The Kier molecular flexibility index (Phi) is 13.0. The molecule has 46 heavy (non-hydrogen) atoms. The third kappa shape index (κ3) is 8.99. The number of benzene rings is 2. The first-order valence-electron chi connectivity index (χ1n) is 15.6. The SMILES string of the molecule is CCCCC(CC)COC(=O)c1ccc(C(=O)OCC(CC)CCCC)c(S(=O)(=O)n2nnc3ccc(S(C)(=O)=O)cc3c2=O)c1. The first-order valence-corrected chi connectivity index (χ1v) is 18.9. The molecule has 0 N–H and O–H groups in total. The normalized spacial score (nSPS) is 13.3. The van der Waals surface area contributed by atoms with Crippen LogP contribution in [0.25, 0.3) is 10.9 Å². The first kappa shape index (κ1) is 36.8.